The van der Waals surface area contributed by atoms with E-state index in [1.807, 2.05) is 59.4 Å². The molecule has 0 aliphatic heterocycles. The van der Waals surface area contributed by atoms with E-state index in [2.05, 4.69) is 37.9 Å². The molecule has 0 unspecified atom stereocenters. The highest BCUT2D eigenvalue weighted by molar-refractivity contribution is 6.31. The van der Waals surface area contributed by atoms with Crippen molar-refractivity contribution >= 4 is 45.8 Å². The first-order valence-electron chi connectivity index (χ1n) is 12.1. The molecule has 0 saturated carbocycles. The van der Waals surface area contributed by atoms with E-state index in [0.717, 1.165) is 59.0 Å². The number of alkyl halides is 3. The molecule has 14 heteroatoms. The molecule has 0 aliphatic carbocycles. The van der Waals surface area contributed by atoms with Crippen LogP contribution in [0.15, 0.2) is 60.9 Å². The van der Waals surface area contributed by atoms with Crippen LogP contribution in [0, 0.1) is 0 Å². The van der Waals surface area contributed by atoms with Gasteiger partial charge in [-0.3, -0.25) is 4.98 Å². The quantitative estimate of drug-likeness (QED) is 0.208. The van der Waals surface area contributed by atoms with Gasteiger partial charge in [0.15, 0.2) is 0 Å². The minimum Gasteiger partial charge on any atom is -0.475 e. The van der Waals surface area contributed by atoms with Crippen LogP contribution in [0.4, 0.5) is 18.9 Å². The molecular weight excluding hydrogens is 570 g/mol. The summed E-state index contributed by atoms with van der Waals surface area (Å²) in [6.07, 6.45) is -1.30. The van der Waals surface area contributed by atoms with Crippen molar-refractivity contribution in [3.8, 4) is 0 Å². The number of carboxylic acids is 1. The van der Waals surface area contributed by atoms with E-state index in [4.69, 9.17) is 33.1 Å². The number of carboxylic acid groups (broad SMARTS) is 1. The predicted octanol–water partition coefficient (Wildman–Crippen LogP) is 4.95. The van der Waals surface area contributed by atoms with Crippen LogP contribution in [0.5, 0.6) is 0 Å². The fourth-order valence-electron chi connectivity index (χ4n) is 3.53. The number of hydrogen-bond donors (Lipinski definition) is 3. The Bertz CT molecular complexity index is 1380. The van der Waals surface area contributed by atoms with E-state index in [9.17, 15) is 13.2 Å². The van der Waals surface area contributed by atoms with E-state index < -0.39 is 12.1 Å². The molecule has 0 spiro atoms. The topological polar surface area (TPSA) is 108 Å². The summed E-state index contributed by atoms with van der Waals surface area (Å²) in [4.78, 5) is 15.6. The highest BCUT2D eigenvalue weighted by atomic mass is 35.5. The van der Waals surface area contributed by atoms with Crippen LogP contribution in [0.25, 0.3) is 10.9 Å². The highest BCUT2D eigenvalue weighted by Gasteiger charge is 2.38. The molecule has 2 heterocycles. The lowest BCUT2D eigenvalue weighted by Gasteiger charge is -2.18. The van der Waals surface area contributed by atoms with Crippen molar-refractivity contribution in [2.75, 3.05) is 38.5 Å². The van der Waals surface area contributed by atoms with Crippen LogP contribution in [-0.4, -0.2) is 75.4 Å². The third-order valence-corrected chi connectivity index (χ3v) is 6.06. The number of benzene rings is 2. The molecule has 214 valence electrons. The van der Waals surface area contributed by atoms with Crippen molar-refractivity contribution in [1.82, 2.24) is 30.2 Å². The van der Waals surface area contributed by atoms with Crippen LogP contribution < -0.4 is 10.6 Å². The highest BCUT2D eigenvalue weighted by Crippen LogP contribution is 2.24. The number of carbonyl (C=O) groups is 1. The molecule has 3 N–H and O–H groups in total. The second kappa shape index (κ2) is 14.8. The normalized spacial score (nSPS) is 11.4. The van der Waals surface area contributed by atoms with Crippen LogP contribution in [0.3, 0.4) is 0 Å². The Balaban J connectivity index is 0.000000559. The van der Waals surface area contributed by atoms with Gasteiger partial charge < -0.3 is 20.6 Å². The number of rotatable bonds is 11. The van der Waals surface area contributed by atoms with Crippen LogP contribution in [-0.2, 0) is 17.9 Å². The lowest BCUT2D eigenvalue weighted by molar-refractivity contribution is -0.192. The molecule has 0 aliphatic rings. The van der Waals surface area contributed by atoms with E-state index in [1.54, 1.807) is 6.20 Å². The summed E-state index contributed by atoms with van der Waals surface area (Å²) in [6, 6.07) is 15.6. The summed E-state index contributed by atoms with van der Waals surface area (Å²) in [7, 11) is 2.12. The van der Waals surface area contributed by atoms with Crippen molar-refractivity contribution in [2.24, 2.45) is 0 Å². The number of aromatic nitrogens is 4. The molecule has 0 radical (unpaired) electrons. The second-order valence-corrected chi connectivity index (χ2v) is 9.64. The zero-order chi connectivity index (χ0) is 29.1. The lowest BCUT2D eigenvalue weighted by atomic mass is 10.2. The molecule has 0 atom stereocenters. The molecular formula is C26H28Cl2F3N7O2. The largest absolute Gasteiger partial charge is 0.490 e. The zero-order valence-corrected chi connectivity index (χ0v) is 23.0. The Morgan fingerprint density at radius 3 is 2.42 bits per heavy atom. The van der Waals surface area contributed by atoms with Crippen molar-refractivity contribution in [2.45, 2.75) is 19.3 Å². The summed E-state index contributed by atoms with van der Waals surface area (Å²) >= 11 is 12.0. The first-order chi connectivity index (χ1) is 19.0. The Hall–Kier alpha value is -3.45. The maximum absolute atomic E-state index is 10.6. The SMILES string of the molecule is CN(CCNCc1cn(Cc2ccc(Cl)cc2)nn1)CCNc1ccnc2cc(Cl)ccc12.O=C(O)C(F)(F)F. The lowest BCUT2D eigenvalue weighted by Crippen LogP contribution is -2.32. The van der Waals surface area contributed by atoms with E-state index in [1.165, 1.54) is 0 Å². The minimum absolute atomic E-state index is 0.680. The van der Waals surface area contributed by atoms with Crippen molar-refractivity contribution < 1.29 is 23.1 Å². The van der Waals surface area contributed by atoms with Crippen molar-refractivity contribution in [1.29, 1.82) is 0 Å². The molecule has 40 heavy (non-hydrogen) atoms. The van der Waals surface area contributed by atoms with Gasteiger partial charge in [0.2, 0.25) is 0 Å². The van der Waals surface area contributed by atoms with Crippen molar-refractivity contribution in [3.63, 3.8) is 0 Å². The van der Waals surface area contributed by atoms with Gasteiger partial charge in [-0.25, -0.2) is 9.48 Å². The molecule has 4 rings (SSSR count). The number of likely N-dealkylation sites (N-methyl/N-ethyl adjacent to an activating group) is 1. The number of pyridine rings is 1. The summed E-state index contributed by atoms with van der Waals surface area (Å²) < 4.78 is 33.6. The first kappa shape index (κ1) is 31.1. The third kappa shape index (κ3) is 10.3. The average molecular weight is 598 g/mol. The summed E-state index contributed by atoms with van der Waals surface area (Å²) in [5.74, 6) is -2.76. The molecule has 0 saturated heterocycles. The van der Waals surface area contributed by atoms with Crippen molar-refractivity contribution in [3.05, 3.63) is 82.2 Å². The van der Waals surface area contributed by atoms with Gasteiger partial charge in [-0.2, -0.15) is 13.2 Å². The molecule has 9 nitrogen and oxygen atoms in total. The zero-order valence-electron chi connectivity index (χ0n) is 21.5. The average Bonchev–Trinajstić information content (AvgIpc) is 3.35. The number of nitrogens with one attached hydrogen (secondary N) is 2. The van der Waals surface area contributed by atoms with Gasteiger partial charge in [0.05, 0.1) is 24.0 Å². The number of fused-ring (bicyclic) bond motifs is 1. The van der Waals surface area contributed by atoms with Gasteiger partial charge in [0, 0.05) is 60.0 Å². The number of nitrogens with zero attached hydrogens (tertiary/aromatic N) is 5. The summed E-state index contributed by atoms with van der Waals surface area (Å²) in [5.41, 5.74) is 4.04. The molecule has 0 amide bonds. The first-order valence-corrected chi connectivity index (χ1v) is 12.9. The molecule has 2 aromatic heterocycles. The number of anilines is 1. The molecule has 2 aromatic carbocycles. The smallest absolute Gasteiger partial charge is 0.475 e. The fraction of sp³-hybridized carbons (Fsp3) is 0.308. The third-order valence-electron chi connectivity index (χ3n) is 5.58. The fourth-order valence-corrected chi connectivity index (χ4v) is 3.82. The maximum Gasteiger partial charge on any atom is 0.490 e. The number of aliphatic carboxylic acids is 1. The molecule has 0 bridgehead atoms. The van der Waals surface area contributed by atoms with E-state index in [-0.39, 0.29) is 0 Å². The van der Waals surface area contributed by atoms with Crippen LogP contribution >= 0.6 is 23.2 Å². The van der Waals surface area contributed by atoms with Gasteiger partial charge in [-0.15, -0.1) is 5.10 Å². The Morgan fingerprint density at radius 2 is 1.73 bits per heavy atom. The number of hydrogen-bond acceptors (Lipinski definition) is 7. The molecule has 0 fully saturated rings. The Morgan fingerprint density at radius 1 is 1.05 bits per heavy atom. The van der Waals surface area contributed by atoms with E-state index in [0.29, 0.717) is 18.1 Å². The van der Waals surface area contributed by atoms with Gasteiger partial charge in [-0.1, -0.05) is 40.5 Å². The van der Waals surface area contributed by atoms with Gasteiger partial charge in [0.25, 0.3) is 0 Å². The summed E-state index contributed by atoms with van der Waals surface area (Å²) in [5, 5.41) is 25.0. The predicted molar refractivity (Wildman–Crippen MR) is 149 cm³/mol. The minimum atomic E-state index is -5.08. The van der Waals surface area contributed by atoms with Crippen LogP contribution in [0.1, 0.15) is 11.3 Å². The molecule has 4 aromatic rings. The Labute approximate surface area is 238 Å². The summed E-state index contributed by atoms with van der Waals surface area (Å²) in [6.45, 7) is 4.95. The van der Waals surface area contributed by atoms with Gasteiger partial charge in [-0.05, 0) is 49.0 Å². The van der Waals surface area contributed by atoms with Crippen LogP contribution in [0.2, 0.25) is 10.0 Å². The second-order valence-electron chi connectivity index (χ2n) is 8.76. The Kier molecular flexibility index (Phi) is 11.5. The van der Waals surface area contributed by atoms with E-state index >= 15 is 0 Å². The monoisotopic (exact) mass is 597 g/mol. The maximum atomic E-state index is 10.6. The van der Waals surface area contributed by atoms with Gasteiger partial charge in [0.1, 0.15) is 0 Å². The van der Waals surface area contributed by atoms with Gasteiger partial charge >= 0.3 is 12.1 Å². The number of halogens is 5. The standard InChI is InChI=1S/C24H27Cl2N7.C2HF3O2/c1-32(13-11-29-23-8-9-28-24-14-20(26)6-7-22(23)24)12-10-27-15-21-17-33(31-30-21)16-18-2-4-19(25)5-3-18;3-2(4,5)1(6)7/h2-9,14,17,27H,10-13,15-16H2,1H3,(H,28,29);(H,6,7).